The van der Waals surface area contributed by atoms with Crippen LogP contribution in [0.15, 0.2) is 212 Å². The van der Waals surface area contributed by atoms with E-state index in [9.17, 15) is 0 Å². The standard InChI is InChI=1S/C63H35B2N5O4/c1-5-16-36(17-6-1)61-66-62(37-18-7-2-8-19-37)68-63(67-61)40-30-46-58-50(35-40)74-54-34-39(33-53-60(54)65(58)57-45(26-15-29-49(57)73-53)70(46)42-22-11-4-12-23-42)38-31-51-59-52(32-38)72-48-28-14-25-44-56(48)64(59)55-43(24-13-27-47(55)71-51)69(44)41-20-9-3-10-21-41/h1-35H. The fourth-order valence-electron chi connectivity index (χ4n) is 12.3. The summed E-state index contributed by atoms with van der Waals surface area (Å²) < 4.78 is 28.3. The van der Waals surface area contributed by atoms with E-state index >= 15 is 0 Å². The molecule has 11 heteroatoms. The fraction of sp³-hybridized carbons (Fsp3) is 0. The van der Waals surface area contributed by atoms with Gasteiger partial charge in [-0.05, 0) is 130 Å². The Kier molecular flexibility index (Phi) is 7.99. The number of nitrogens with zero attached hydrogens (tertiary/aromatic N) is 5. The Labute approximate surface area is 425 Å². The summed E-state index contributed by atoms with van der Waals surface area (Å²) in [6.45, 7) is -0.260. The maximum absolute atomic E-state index is 7.30. The summed E-state index contributed by atoms with van der Waals surface area (Å²) in [5.74, 6) is 7.88. The molecule has 17 rings (SSSR count). The average Bonchev–Trinajstić information content (AvgIpc) is 3.50. The second kappa shape index (κ2) is 14.8. The van der Waals surface area contributed by atoms with Gasteiger partial charge in [0, 0.05) is 61.7 Å². The highest BCUT2D eigenvalue weighted by Gasteiger charge is 2.50. The van der Waals surface area contributed by atoms with Crippen molar-refractivity contribution in [3.63, 3.8) is 0 Å². The molecule has 1 aromatic heterocycles. The first-order valence-corrected chi connectivity index (χ1v) is 24.9. The molecule has 7 heterocycles. The Morgan fingerprint density at radius 1 is 0.257 bits per heavy atom. The van der Waals surface area contributed by atoms with E-state index in [-0.39, 0.29) is 13.4 Å². The molecule has 0 aliphatic carbocycles. The van der Waals surface area contributed by atoms with Gasteiger partial charge in [-0.15, -0.1) is 0 Å². The molecule has 74 heavy (non-hydrogen) atoms. The van der Waals surface area contributed by atoms with Crippen LogP contribution in [0.5, 0.6) is 46.0 Å². The number of para-hydroxylation sites is 2. The van der Waals surface area contributed by atoms with Crippen molar-refractivity contribution >= 4 is 80.3 Å². The zero-order valence-electron chi connectivity index (χ0n) is 39.2. The predicted octanol–water partition coefficient (Wildman–Crippen LogP) is 11.6. The minimum Gasteiger partial charge on any atom is -0.458 e. The molecular formula is C63H35B2N5O4. The lowest BCUT2D eigenvalue weighted by atomic mass is 9.33. The third kappa shape index (κ3) is 5.57. The quantitative estimate of drug-likeness (QED) is 0.151. The van der Waals surface area contributed by atoms with E-state index in [1.54, 1.807) is 0 Å². The van der Waals surface area contributed by atoms with Crippen LogP contribution >= 0.6 is 0 Å². The van der Waals surface area contributed by atoms with Crippen LogP contribution in [-0.4, -0.2) is 28.4 Å². The Balaban J connectivity index is 0.848. The van der Waals surface area contributed by atoms with E-state index < -0.39 is 0 Å². The molecule has 0 spiro atoms. The highest BCUT2D eigenvalue weighted by Crippen LogP contribution is 2.50. The summed E-state index contributed by atoms with van der Waals surface area (Å²) in [6, 6.07) is 73.2. The van der Waals surface area contributed by atoms with Gasteiger partial charge in [-0.3, -0.25) is 0 Å². The van der Waals surface area contributed by atoms with E-state index in [4.69, 9.17) is 33.9 Å². The van der Waals surface area contributed by atoms with Crippen molar-refractivity contribution in [3.05, 3.63) is 212 Å². The van der Waals surface area contributed by atoms with Crippen LogP contribution in [0.2, 0.25) is 0 Å². The third-order valence-electron chi connectivity index (χ3n) is 15.4. The van der Waals surface area contributed by atoms with Crippen molar-refractivity contribution in [2.45, 2.75) is 0 Å². The number of ether oxygens (including phenoxy) is 4. The summed E-state index contributed by atoms with van der Waals surface area (Å²) in [6.07, 6.45) is 0. The molecule has 0 saturated carbocycles. The van der Waals surface area contributed by atoms with Crippen molar-refractivity contribution in [2.24, 2.45) is 0 Å². The van der Waals surface area contributed by atoms with Gasteiger partial charge in [0.2, 0.25) is 0 Å². The Morgan fingerprint density at radius 3 is 1.00 bits per heavy atom. The molecule has 0 bridgehead atoms. The van der Waals surface area contributed by atoms with Crippen LogP contribution in [0.3, 0.4) is 0 Å². The summed E-state index contributed by atoms with van der Waals surface area (Å²) >= 11 is 0. The largest absolute Gasteiger partial charge is 0.458 e. The van der Waals surface area contributed by atoms with Crippen molar-refractivity contribution in [1.29, 1.82) is 0 Å². The van der Waals surface area contributed by atoms with E-state index in [1.165, 1.54) is 0 Å². The first-order chi connectivity index (χ1) is 36.7. The SMILES string of the molecule is c1ccc(-c2nc(-c3ccccc3)nc(-c3cc4c5c(c3)N(c3ccccc3)c3cccc6c3B5c3c(cc(-c5cc7c8c(c5)Oc5cccc9c5B8c5c(cccc5N9c5ccccc5)O7)cc3O4)O6)n2)cc1. The molecule has 0 amide bonds. The molecule has 0 atom stereocenters. The molecule has 11 aromatic rings. The average molecular weight is 948 g/mol. The maximum Gasteiger partial charge on any atom is 0.266 e. The second-order valence-electron chi connectivity index (χ2n) is 19.4. The molecule has 0 unspecified atom stereocenters. The second-order valence-corrected chi connectivity index (χ2v) is 19.4. The minimum atomic E-state index is -0.186. The van der Waals surface area contributed by atoms with Crippen molar-refractivity contribution < 1.29 is 18.9 Å². The van der Waals surface area contributed by atoms with E-state index in [2.05, 4.69) is 155 Å². The molecule has 0 N–H and O–H groups in total. The lowest BCUT2D eigenvalue weighted by molar-refractivity contribution is 0.462. The van der Waals surface area contributed by atoms with Crippen molar-refractivity contribution in [1.82, 2.24) is 15.0 Å². The Bertz CT molecular complexity index is 4100. The summed E-state index contributed by atoms with van der Waals surface area (Å²) in [4.78, 5) is 20.1. The normalized spacial score (nSPS) is 13.7. The third-order valence-corrected chi connectivity index (χ3v) is 15.4. The molecule has 0 saturated heterocycles. The molecule has 342 valence electrons. The Hall–Kier alpha value is -9.86. The molecule has 6 aliphatic rings. The Morgan fingerprint density at radius 2 is 0.581 bits per heavy atom. The van der Waals surface area contributed by atoms with Gasteiger partial charge >= 0.3 is 0 Å². The van der Waals surface area contributed by atoms with Gasteiger partial charge in [-0.1, -0.05) is 115 Å². The number of benzene rings is 10. The van der Waals surface area contributed by atoms with Gasteiger partial charge < -0.3 is 28.7 Å². The lowest BCUT2D eigenvalue weighted by Gasteiger charge is -2.43. The number of aromatic nitrogens is 3. The first-order valence-electron chi connectivity index (χ1n) is 24.9. The predicted molar refractivity (Wildman–Crippen MR) is 293 cm³/mol. The van der Waals surface area contributed by atoms with Gasteiger partial charge in [-0.25, -0.2) is 15.0 Å². The van der Waals surface area contributed by atoms with Crippen LogP contribution in [0.25, 0.3) is 45.3 Å². The highest BCUT2D eigenvalue weighted by atomic mass is 16.5. The van der Waals surface area contributed by atoms with Gasteiger partial charge in [-0.2, -0.15) is 0 Å². The number of rotatable bonds is 6. The smallest absolute Gasteiger partial charge is 0.266 e. The zero-order valence-corrected chi connectivity index (χ0v) is 39.2. The lowest BCUT2D eigenvalue weighted by Crippen LogP contribution is -2.61. The van der Waals surface area contributed by atoms with Crippen molar-refractivity contribution in [2.75, 3.05) is 9.80 Å². The molecular weight excluding hydrogens is 912 g/mol. The zero-order chi connectivity index (χ0) is 48.2. The number of hydrogen-bond donors (Lipinski definition) is 0. The van der Waals surface area contributed by atoms with Gasteiger partial charge in [0.25, 0.3) is 13.4 Å². The highest BCUT2D eigenvalue weighted by molar-refractivity contribution is 7.01. The number of anilines is 6. The molecule has 6 aliphatic heterocycles. The molecule has 0 radical (unpaired) electrons. The molecule has 10 aromatic carbocycles. The van der Waals surface area contributed by atoms with Gasteiger partial charge in [0.1, 0.15) is 46.0 Å². The van der Waals surface area contributed by atoms with E-state index in [0.717, 1.165) is 135 Å². The van der Waals surface area contributed by atoms with E-state index in [1.807, 2.05) is 66.7 Å². The van der Waals surface area contributed by atoms with Crippen LogP contribution in [0, 0.1) is 0 Å². The van der Waals surface area contributed by atoms with Crippen LogP contribution < -0.4 is 61.5 Å². The van der Waals surface area contributed by atoms with Crippen LogP contribution in [0.4, 0.5) is 34.1 Å². The molecule has 0 fully saturated rings. The minimum absolute atomic E-state index is 0.0745. The van der Waals surface area contributed by atoms with Gasteiger partial charge in [0.05, 0.1) is 0 Å². The summed E-state index contributed by atoms with van der Waals surface area (Å²) in [5, 5.41) is 0. The topological polar surface area (TPSA) is 82.1 Å². The fourth-order valence-corrected chi connectivity index (χ4v) is 12.3. The molecule has 9 nitrogen and oxygen atoms in total. The van der Waals surface area contributed by atoms with Crippen LogP contribution in [0.1, 0.15) is 0 Å². The summed E-state index contributed by atoms with van der Waals surface area (Å²) in [5.41, 5.74) is 17.2. The van der Waals surface area contributed by atoms with Crippen molar-refractivity contribution in [3.8, 4) is 91.3 Å². The first kappa shape index (κ1) is 39.8. The maximum atomic E-state index is 7.30. The van der Waals surface area contributed by atoms with Gasteiger partial charge in [0.15, 0.2) is 17.5 Å². The van der Waals surface area contributed by atoms with E-state index in [0.29, 0.717) is 23.2 Å². The monoisotopic (exact) mass is 947 g/mol. The summed E-state index contributed by atoms with van der Waals surface area (Å²) in [7, 11) is 0. The number of hydrogen-bond acceptors (Lipinski definition) is 9. The van der Waals surface area contributed by atoms with Crippen LogP contribution in [-0.2, 0) is 0 Å².